The van der Waals surface area contributed by atoms with Crippen molar-refractivity contribution < 1.29 is 0 Å². The molecule has 0 bridgehead atoms. The average Bonchev–Trinajstić information content (AvgIpc) is 2.30. The predicted octanol–water partition coefficient (Wildman–Crippen LogP) is 1.83. The third-order valence-corrected chi connectivity index (χ3v) is 3.23. The van der Waals surface area contributed by atoms with Crippen LogP contribution in [-0.4, -0.2) is 37.6 Å². The van der Waals surface area contributed by atoms with E-state index in [1.165, 1.54) is 43.6 Å². The summed E-state index contributed by atoms with van der Waals surface area (Å²) >= 11 is 0. The van der Waals surface area contributed by atoms with E-state index in [9.17, 15) is 0 Å². The zero-order chi connectivity index (χ0) is 11.2. The van der Waals surface area contributed by atoms with Gasteiger partial charge in [-0.15, -0.1) is 0 Å². The Balaban J connectivity index is 1.71. The van der Waals surface area contributed by atoms with Gasteiger partial charge in [-0.2, -0.15) is 0 Å². The lowest BCUT2D eigenvalue weighted by Crippen LogP contribution is -2.43. The lowest BCUT2D eigenvalue weighted by Gasteiger charge is -2.27. The first-order valence-electron chi connectivity index (χ1n) is 6.33. The average molecular weight is 218 g/mol. The van der Waals surface area contributed by atoms with Crippen molar-refractivity contribution in [1.82, 2.24) is 10.2 Å². The fraction of sp³-hybridized carbons (Fsp3) is 0.571. The molecule has 1 aliphatic rings. The normalized spacial score (nSPS) is 17.6. The third-order valence-electron chi connectivity index (χ3n) is 3.23. The number of nitrogens with zero attached hydrogens (tertiary/aromatic N) is 1. The molecule has 1 aromatic carbocycles. The summed E-state index contributed by atoms with van der Waals surface area (Å²) < 4.78 is 0. The first kappa shape index (κ1) is 11.6. The number of rotatable bonds is 4. The van der Waals surface area contributed by atoms with Gasteiger partial charge in [-0.05, 0) is 31.9 Å². The van der Waals surface area contributed by atoms with Gasteiger partial charge in [-0.1, -0.05) is 29.8 Å². The summed E-state index contributed by atoms with van der Waals surface area (Å²) in [5.41, 5.74) is 2.86. The predicted molar refractivity (Wildman–Crippen MR) is 68.8 cm³/mol. The summed E-state index contributed by atoms with van der Waals surface area (Å²) in [6.07, 6.45) is 2.50. The van der Waals surface area contributed by atoms with Crippen molar-refractivity contribution in [3.8, 4) is 0 Å². The quantitative estimate of drug-likeness (QED) is 0.829. The Morgan fingerprint density at radius 3 is 2.81 bits per heavy atom. The zero-order valence-electron chi connectivity index (χ0n) is 10.2. The molecule has 2 nitrogen and oxygen atoms in total. The summed E-state index contributed by atoms with van der Waals surface area (Å²) in [5.74, 6) is 0. The van der Waals surface area contributed by atoms with E-state index < -0.39 is 0 Å². The zero-order valence-corrected chi connectivity index (χ0v) is 10.2. The van der Waals surface area contributed by atoms with Gasteiger partial charge in [-0.25, -0.2) is 0 Å². The number of aryl methyl sites for hydroxylation is 2. The standard InChI is InChI=1S/C14H22N2/c1-13-4-2-5-14(12-13)6-3-9-16-10-7-15-8-11-16/h2,4-5,12,15H,3,6-11H2,1H3. The maximum Gasteiger partial charge on any atom is 0.0107 e. The second kappa shape index (κ2) is 6.02. The van der Waals surface area contributed by atoms with E-state index in [0.717, 1.165) is 13.1 Å². The molecule has 0 saturated carbocycles. The van der Waals surface area contributed by atoms with Gasteiger partial charge in [0.1, 0.15) is 0 Å². The van der Waals surface area contributed by atoms with E-state index in [1.54, 1.807) is 0 Å². The van der Waals surface area contributed by atoms with Crippen LogP contribution in [0.3, 0.4) is 0 Å². The summed E-state index contributed by atoms with van der Waals surface area (Å²) in [5, 5.41) is 3.39. The van der Waals surface area contributed by atoms with Crippen molar-refractivity contribution in [3.05, 3.63) is 35.4 Å². The number of hydrogen-bond acceptors (Lipinski definition) is 2. The van der Waals surface area contributed by atoms with Crippen LogP contribution in [0.2, 0.25) is 0 Å². The summed E-state index contributed by atoms with van der Waals surface area (Å²) in [6, 6.07) is 8.87. The number of benzene rings is 1. The van der Waals surface area contributed by atoms with Gasteiger partial charge in [0.15, 0.2) is 0 Å². The van der Waals surface area contributed by atoms with E-state index in [4.69, 9.17) is 0 Å². The molecule has 0 aliphatic carbocycles. The van der Waals surface area contributed by atoms with Crippen molar-refractivity contribution in [2.45, 2.75) is 19.8 Å². The molecule has 1 N–H and O–H groups in total. The molecule has 1 fully saturated rings. The van der Waals surface area contributed by atoms with Crippen LogP contribution in [-0.2, 0) is 6.42 Å². The van der Waals surface area contributed by atoms with Crippen LogP contribution in [0.25, 0.3) is 0 Å². The maximum absolute atomic E-state index is 3.39. The first-order valence-corrected chi connectivity index (χ1v) is 6.33. The number of piperazine rings is 1. The molecule has 0 unspecified atom stereocenters. The molecule has 88 valence electrons. The molecule has 16 heavy (non-hydrogen) atoms. The highest BCUT2D eigenvalue weighted by atomic mass is 15.2. The van der Waals surface area contributed by atoms with Crippen LogP contribution in [0.5, 0.6) is 0 Å². The van der Waals surface area contributed by atoms with Crippen LogP contribution >= 0.6 is 0 Å². The molecule has 1 heterocycles. The van der Waals surface area contributed by atoms with Crippen LogP contribution in [0.15, 0.2) is 24.3 Å². The lowest BCUT2D eigenvalue weighted by atomic mass is 10.1. The van der Waals surface area contributed by atoms with E-state index in [-0.39, 0.29) is 0 Å². The molecule has 0 amide bonds. The molecule has 1 aliphatic heterocycles. The Morgan fingerprint density at radius 2 is 2.06 bits per heavy atom. The van der Waals surface area contributed by atoms with Crippen LogP contribution < -0.4 is 5.32 Å². The highest BCUT2D eigenvalue weighted by molar-refractivity contribution is 5.22. The Morgan fingerprint density at radius 1 is 1.25 bits per heavy atom. The fourth-order valence-electron chi connectivity index (χ4n) is 2.31. The van der Waals surface area contributed by atoms with E-state index in [0.29, 0.717) is 0 Å². The molecule has 1 aromatic rings. The Hall–Kier alpha value is -0.860. The van der Waals surface area contributed by atoms with Crippen LogP contribution in [0.1, 0.15) is 17.5 Å². The van der Waals surface area contributed by atoms with Crippen LogP contribution in [0.4, 0.5) is 0 Å². The fourth-order valence-corrected chi connectivity index (χ4v) is 2.31. The molecule has 0 aromatic heterocycles. The number of nitrogens with one attached hydrogen (secondary N) is 1. The van der Waals surface area contributed by atoms with Gasteiger partial charge in [0.05, 0.1) is 0 Å². The summed E-state index contributed by atoms with van der Waals surface area (Å²) in [6.45, 7) is 8.16. The van der Waals surface area contributed by atoms with Gasteiger partial charge in [-0.3, -0.25) is 0 Å². The second-order valence-corrected chi connectivity index (χ2v) is 4.68. The van der Waals surface area contributed by atoms with Crippen LogP contribution in [0, 0.1) is 6.92 Å². The van der Waals surface area contributed by atoms with Gasteiger partial charge >= 0.3 is 0 Å². The van der Waals surface area contributed by atoms with Gasteiger partial charge < -0.3 is 10.2 Å². The molecule has 2 heteroatoms. The van der Waals surface area contributed by atoms with Gasteiger partial charge in [0.2, 0.25) is 0 Å². The Kier molecular flexibility index (Phi) is 4.37. The molecule has 2 rings (SSSR count). The second-order valence-electron chi connectivity index (χ2n) is 4.68. The smallest absolute Gasteiger partial charge is 0.0107 e. The van der Waals surface area contributed by atoms with Crippen molar-refractivity contribution in [1.29, 1.82) is 0 Å². The largest absolute Gasteiger partial charge is 0.314 e. The molecular weight excluding hydrogens is 196 g/mol. The van der Waals surface area contributed by atoms with Crippen molar-refractivity contribution in [2.24, 2.45) is 0 Å². The molecule has 0 radical (unpaired) electrons. The number of hydrogen-bond donors (Lipinski definition) is 1. The summed E-state index contributed by atoms with van der Waals surface area (Å²) in [7, 11) is 0. The molecule has 1 saturated heterocycles. The van der Waals surface area contributed by atoms with Gasteiger partial charge in [0.25, 0.3) is 0 Å². The highest BCUT2D eigenvalue weighted by Crippen LogP contribution is 2.07. The summed E-state index contributed by atoms with van der Waals surface area (Å²) in [4.78, 5) is 2.56. The highest BCUT2D eigenvalue weighted by Gasteiger charge is 2.08. The van der Waals surface area contributed by atoms with E-state index in [2.05, 4.69) is 41.4 Å². The monoisotopic (exact) mass is 218 g/mol. The van der Waals surface area contributed by atoms with E-state index in [1.807, 2.05) is 0 Å². The SMILES string of the molecule is Cc1cccc(CCCN2CCNCC2)c1. The molecule has 0 spiro atoms. The Bertz CT molecular complexity index is 316. The van der Waals surface area contributed by atoms with Crippen molar-refractivity contribution in [2.75, 3.05) is 32.7 Å². The third kappa shape index (κ3) is 3.62. The van der Waals surface area contributed by atoms with Gasteiger partial charge in [0, 0.05) is 26.2 Å². The van der Waals surface area contributed by atoms with Crippen molar-refractivity contribution in [3.63, 3.8) is 0 Å². The minimum absolute atomic E-state index is 1.16. The minimum atomic E-state index is 1.16. The van der Waals surface area contributed by atoms with Crippen molar-refractivity contribution >= 4 is 0 Å². The van der Waals surface area contributed by atoms with E-state index >= 15 is 0 Å². The minimum Gasteiger partial charge on any atom is -0.314 e. The molecule has 0 atom stereocenters. The topological polar surface area (TPSA) is 15.3 Å². The maximum atomic E-state index is 3.39. The Labute approximate surface area is 98.7 Å². The molecular formula is C14H22N2. The lowest BCUT2D eigenvalue weighted by molar-refractivity contribution is 0.238. The first-order chi connectivity index (χ1) is 7.84.